The lowest BCUT2D eigenvalue weighted by Gasteiger charge is -2.13. The van der Waals surface area contributed by atoms with Crippen molar-refractivity contribution in [1.29, 1.82) is 0 Å². The van der Waals surface area contributed by atoms with E-state index in [1.807, 2.05) is 12.1 Å². The quantitative estimate of drug-likeness (QED) is 0.324. The molecule has 0 aliphatic heterocycles. The number of aromatic amines is 1. The van der Waals surface area contributed by atoms with E-state index < -0.39 is 29.5 Å². The van der Waals surface area contributed by atoms with Crippen molar-refractivity contribution in [3.05, 3.63) is 88.5 Å². The Labute approximate surface area is 196 Å². The smallest absolute Gasteiger partial charge is 0.348 e. The van der Waals surface area contributed by atoms with E-state index in [2.05, 4.69) is 15.3 Å². The number of amides is 1. The average molecular weight is 491 g/mol. The number of benzene rings is 3. The molecule has 0 radical (unpaired) electrons. The number of aromatic nitrogens is 2. The van der Waals surface area contributed by atoms with Crippen LogP contribution >= 0.6 is 11.6 Å². The first-order valence-corrected chi connectivity index (χ1v) is 10.6. The van der Waals surface area contributed by atoms with Crippen molar-refractivity contribution in [2.75, 3.05) is 0 Å². The normalized spacial score (nSPS) is 12.6. The molecular formula is C24H19ClF4N4O. The summed E-state index contributed by atoms with van der Waals surface area (Å²) in [6.45, 7) is 0.0571. The second-order valence-electron chi connectivity index (χ2n) is 7.77. The molecule has 0 saturated heterocycles. The van der Waals surface area contributed by atoms with Crippen LogP contribution in [0.2, 0.25) is 5.02 Å². The third-order valence-electron chi connectivity index (χ3n) is 5.26. The maximum atomic E-state index is 13.4. The van der Waals surface area contributed by atoms with E-state index in [9.17, 15) is 22.4 Å². The summed E-state index contributed by atoms with van der Waals surface area (Å²) in [5.41, 5.74) is 8.32. The van der Waals surface area contributed by atoms with Gasteiger partial charge >= 0.3 is 6.18 Å². The minimum absolute atomic E-state index is 0.0204. The predicted octanol–water partition coefficient (Wildman–Crippen LogP) is 5.23. The fourth-order valence-electron chi connectivity index (χ4n) is 3.52. The zero-order chi connectivity index (χ0) is 24.5. The number of hydrogen-bond acceptors (Lipinski definition) is 3. The minimum atomic E-state index is -4.47. The predicted molar refractivity (Wildman–Crippen MR) is 121 cm³/mol. The van der Waals surface area contributed by atoms with Crippen LogP contribution in [0.15, 0.2) is 60.7 Å². The van der Waals surface area contributed by atoms with Gasteiger partial charge in [-0.3, -0.25) is 4.79 Å². The number of carbonyl (C=O) groups is 1. The van der Waals surface area contributed by atoms with E-state index in [4.69, 9.17) is 17.3 Å². The molecular weight excluding hydrogens is 472 g/mol. The van der Waals surface area contributed by atoms with Gasteiger partial charge in [0.1, 0.15) is 11.6 Å². The number of fused-ring (bicyclic) bond motifs is 1. The van der Waals surface area contributed by atoms with Crippen molar-refractivity contribution < 1.29 is 22.4 Å². The number of alkyl halides is 3. The highest BCUT2D eigenvalue weighted by Crippen LogP contribution is 2.30. The molecule has 0 aliphatic rings. The van der Waals surface area contributed by atoms with Crippen molar-refractivity contribution >= 4 is 28.5 Å². The maximum absolute atomic E-state index is 13.4. The van der Waals surface area contributed by atoms with Gasteiger partial charge < -0.3 is 16.0 Å². The fourth-order valence-corrected chi connectivity index (χ4v) is 3.71. The van der Waals surface area contributed by atoms with Gasteiger partial charge in [0.25, 0.3) is 0 Å². The zero-order valence-electron chi connectivity index (χ0n) is 17.6. The van der Waals surface area contributed by atoms with Crippen molar-refractivity contribution in [1.82, 2.24) is 15.3 Å². The molecule has 4 N–H and O–H groups in total. The SMILES string of the molecule is N[C@H](Cc1cccc(C(F)(F)F)c1)C(=O)NCc1nc2ccc(-c3ccc(F)c(Cl)c3)cc2[nH]1. The highest BCUT2D eigenvalue weighted by Gasteiger charge is 2.30. The Morgan fingerprint density at radius 3 is 2.56 bits per heavy atom. The number of nitrogens with two attached hydrogens (primary N) is 1. The summed E-state index contributed by atoms with van der Waals surface area (Å²) in [5.74, 6) is -0.541. The van der Waals surface area contributed by atoms with Gasteiger partial charge in [-0.05, 0) is 53.4 Å². The van der Waals surface area contributed by atoms with Crippen LogP contribution in [0.5, 0.6) is 0 Å². The highest BCUT2D eigenvalue weighted by atomic mass is 35.5. The Balaban J connectivity index is 1.41. The summed E-state index contributed by atoms with van der Waals surface area (Å²) < 4.78 is 52.0. The largest absolute Gasteiger partial charge is 0.416 e. The molecule has 0 spiro atoms. The Morgan fingerprint density at radius 2 is 1.82 bits per heavy atom. The summed E-state index contributed by atoms with van der Waals surface area (Å²) >= 11 is 5.87. The van der Waals surface area contributed by atoms with Crippen molar-refractivity contribution in [3.8, 4) is 11.1 Å². The van der Waals surface area contributed by atoms with E-state index in [1.165, 1.54) is 24.3 Å². The Morgan fingerprint density at radius 1 is 1.09 bits per heavy atom. The van der Waals surface area contributed by atoms with Crippen LogP contribution in [0.1, 0.15) is 17.0 Å². The van der Waals surface area contributed by atoms with E-state index >= 15 is 0 Å². The molecule has 4 rings (SSSR count). The van der Waals surface area contributed by atoms with Crippen molar-refractivity contribution in [3.63, 3.8) is 0 Å². The molecule has 0 unspecified atom stereocenters. The van der Waals surface area contributed by atoms with Gasteiger partial charge in [0, 0.05) is 0 Å². The van der Waals surface area contributed by atoms with Gasteiger partial charge in [-0.25, -0.2) is 9.37 Å². The van der Waals surface area contributed by atoms with Crippen LogP contribution < -0.4 is 11.1 Å². The molecule has 176 valence electrons. The zero-order valence-corrected chi connectivity index (χ0v) is 18.3. The molecule has 34 heavy (non-hydrogen) atoms. The first-order valence-electron chi connectivity index (χ1n) is 10.2. The molecule has 1 atom stereocenters. The molecule has 1 amide bonds. The standard InChI is InChI=1S/C24H19ClF4N4O/c25-17-10-14(4-6-18(17)26)15-5-7-20-21(11-15)33-22(32-20)12-31-23(34)19(30)9-13-2-1-3-16(8-13)24(27,28)29/h1-8,10-11,19H,9,12,30H2,(H,31,34)(H,32,33)/t19-/m1/s1. The minimum Gasteiger partial charge on any atom is -0.348 e. The fraction of sp³-hybridized carbons (Fsp3) is 0.167. The van der Waals surface area contributed by atoms with Crippen LogP contribution in [0.25, 0.3) is 22.2 Å². The Bertz CT molecular complexity index is 1350. The summed E-state index contributed by atoms with van der Waals surface area (Å²) in [7, 11) is 0. The molecule has 0 aliphatic carbocycles. The number of nitrogens with zero attached hydrogens (tertiary/aromatic N) is 1. The molecule has 0 saturated carbocycles. The van der Waals surface area contributed by atoms with Crippen LogP contribution in [0.4, 0.5) is 17.6 Å². The lowest BCUT2D eigenvalue weighted by molar-refractivity contribution is -0.137. The first kappa shape index (κ1) is 23.7. The second-order valence-corrected chi connectivity index (χ2v) is 8.18. The third kappa shape index (κ3) is 5.37. The number of H-pyrrole nitrogens is 1. The second kappa shape index (κ2) is 9.44. The molecule has 5 nitrogen and oxygen atoms in total. The van der Waals surface area contributed by atoms with Gasteiger partial charge in [-0.2, -0.15) is 13.2 Å². The first-order chi connectivity index (χ1) is 16.1. The van der Waals surface area contributed by atoms with Gasteiger partial charge in [-0.1, -0.05) is 41.9 Å². The summed E-state index contributed by atoms with van der Waals surface area (Å²) in [6.07, 6.45) is -4.51. The molecule has 10 heteroatoms. The van der Waals surface area contributed by atoms with E-state index in [0.29, 0.717) is 22.4 Å². The monoisotopic (exact) mass is 490 g/mol. The number of halogens is 5. The third-order valence-corrected chi connectivity index (χ3v) is 5.55. The molecule has 0 bridgehead atoms. The molecule has 1 aromatic heterocycles. The van der Waals surface area contributed by atoms with Gasteiger partial charge in [0.05, 0.1) is 34.2 Å². The topological polar surface area (TPSA) is 83.8 Å². The summed E-state index contributed by atoms with van der Waals surface area (Å²) in [4.78, 5) is 19.9. The lowest BCUT2D eigenvalue weighted by Crippen LogP contribution is -2.41. The number of hydrogen-bond donors (Lipinski definition) is 3. The lowest BCUT2D eigenvalue weighted by atomic mass is 10.0. The molecule has 4 aromatic rings. The van der Waals surface area contributed by atoms with Crippen molar-refractivity contribution in [2.45, 2.75) is 25.2 Å². The summed E-state index contributed by atoms with van der Waals surface area (Å²) in [5, 5.41) is 2.67. The Hall–Kier alpha value is -3.43. The molecule has 0 fully saturated rings. The van der Waals surface area contributed by atoms with Crippen molar-refractivity contribution in [2.24, 2.45) is 5.73 Å². The molecule has 3 aromatic carbocycles. The van der Waals surface area contributed by atoms with E-state index in [-0.39, 0.29) is 18.0 Å². The summed E-state index contributed by atoms with van der Waals surface area (Å²) in [6, 6.07) is 13.6. The number of carbonyl (C=O) groups excluding carboxylic acids is 1. The van der Waals surface area contributed by atoms with Crippen LogP contribution in [0, 0.1) is 5.82 Å². The van der Waals surface area contributed by atoms with Gasteiger partial charge in [-0.15, -0.1) is 0 Å². The van der Waals surface area contributed by atoms with Crippen LogP contribution in [-0.2, 0) is 23.9 Å². The Kier molecular flexibility index (Phi) is 6.58. The maximum Gasteiger partial charge on any atom is 0.416 e. The number of nitrogens with one attached hydrogen (secondary N) is 2. The number of rotatable bonds is 6. The van der Waals surface area contributed by atoms with Gasteiger partial charge in [0.2, 0.25) is 5.91 Å². The van der Waals surface area contributed by atoms with E-state index in [0.717, 1.165) is 23.3 Å². The average Bonchev–Trinajstić information content (AvgIpc) is 3.21. The van der Waals surface area contributed by atoms with Crippen LogP contribution in [-0.4, -0.2) is 21.9 Å². The van der Waals surface area contributed by atoms with Gasteiger partial charge in [0.15, 0.2) is 0 Å². The van der Waals surface area contributed by atoms with E-state index in [1.54, 1.807) is 12.1 Å². The number of imidazole rings is 1. The molecule has 1 heterocycles. The highest BCUT2D eigenvalue weighted by molar-refractivity contribution is 6.31. The van der Waals surface area contributed by atoms with Crippen LogP contribution in [0.3, 0.4) is 0 Å².